The van der Waals surface area contributed by atoms with Crippen LogP contribution < -0.4 is 10.6 Å². The fourth-order valence-corrected chi connectivity index (χ4v) is 2.98. The molecule has 0 bridgehead atoms. The number of hydrogen-bond donors (Lipinski definition) is 1. The Morgan fingerprint density at radius 2 is 2.15 bits per heavy atom. The highest BCUT2D eigenvalue weighted by Gasteiger charge is 2.28. The first-order valence-electron chi connectivity index (χ1n) is 8.20. The summed E-state index contributed by atoms with van der Waals surface area (Å²) in [5.41, 5.74) is 6.49. The summed E-state index contributed by atoms with van der Waals surface area (Å²) in [6.07, 6.45) is 6.42. The Labute approximate surface area is 153 Å². The van der Waals surface area contributed by atoms with Crippen LogP contribution in [0.1, 0.15) is 16.9 Å². The molecule has 27 heavy (non-hydrogen) atoms. The van der Waals surface area contributed by atoms with E-state index in [0.717, 1.165) is 0 Å². The Balaban J connectivity index is 1.72. The van der Waals surface area contributed by atoms with Gasteiger partial charge >= 0.3 is 0 Å². The van der Waals surface area contributed by atoms with E-state index < -0.39 is 11.8 Å². The maximum absolute atomic E-state index is 11.8. The molecule has 10 nitrogen and oxygen atoms in total. The third-order valence-electron chi connectivity index (χ3n) is 4.42. The lowest BCUT2D eigenvalue weighted by atomic mass is 9.98. The first kappa shape index (κ1) is 16.6. The smallest absolute Gasteiger partial charge is 0.268 e. The number of nitriles is 1. The highest BCUT2D eigenvalue weighted by molar-refractivity contribution is 5.90. The molecule has 1 aliphatic rings. The van der Waals surface area contributed by atoms with Crippen LogP contribution in [-0.2, 0) is 4.79 Å². The molecule has 4 heterocycles. The number of fused-ring (bicyclic) bond motifs is 1. The molecule has 1 unspecified atom stereocenters. The Kier molecular flexibility index (Phi) is 3.97. The molecule has 3 aromatic heterocycles. The number of anilines is 1. The minimum absolute atomic E-state index is 0.0451. The minimum atomic E-state index is -0.655. The van der Waals surface area contributed by atoms with Crippen LogP contribution in [0.4, 0.5) is 5.82 Å². The van der Waals surface area contributed by atoms with E-state index in [1.165, 1.54) is 12.4 Å². The van der Waals surface area contributed by atoms with Crippen LogP contribution in [0.5, 0.6) is 0 Å². The highest BCUT2D eigenvalue weighted by atomic mass is 16.1. The zero-order valence-corrected chi connectivity index (χ0v) is 14.1. The minimum Gasteiger partial charge on any atom is -0.364 e. The third-order valence-corrected chi connectivity index (χ3v) is 4.42. The van der Waals surface area contributed by atoms with Crippen molar-refractivity contribution in [3.63, 3.8) is 0 Å². The van der Waals surface area contributed by atoms with Gasteiger partial charge in [-0.1, -0.05) is 0 Å². The summed E-state index contributed by atoms with van der Waals surface area (Å²) in [6, 6.07) is 3.77. The van der Waals surface area contributed by atoms with E-state index in [9.17, 15) is 9.59 Å². The first-order chi connectivity index (χ1) is 13.1. The van der Waals surface area contributed by atoms with Crippen LogP contribution in [0.25, 0.3) is 17.2 Å². The van der Waals surface area contributed by atoms with Crippen molar-refractivity contribution < 1.29 is 9.59 Å². The van der Waals surface area contributed by atoms with E-state index in [2.05, 4.69) is 19.9 Å². The fraction of sp³-hybridized carbons (Fsp3) is 0.235. The number of carbonyl (C=O) groups excluding carboxylic acids is 2. The zero-order chi connectivity index (χ0) is 19.0. The quantitative estimate of drug-likeness (QED) is 0.696. The Morgan fingerprint density at radius 1 is 1.30 bits per heavy atom. The molecule has 134 valence electrons. The summed E-state index contributed by atoms with van der Waals surface area (Å²) in [6.45, 7) is 0.797. The van der Waals surface area contributed by atoms with Crippen molar-refractivity contribution in [2.45, 2.75) is 6.42 Å². The van der Waals surface area contributed by atoms with Crippen molar-refractivity contribution in [2.75, 3.05) is 18.0 Å². The summed E-state index contributed by atoms with van der Waals surface area (Å²) in [5, 5.41) is 9.13. The second-order valence-electron chi connectivity index (χ2n) is 6.09. The summed E-state index contributed by atoms with van der Waals surface area (Å²) in [4.78, 5) is 42.1. The summed E-state index contributed by atoms with van der Waals surface area (Å²) >= 11 is 0. The highest BCUT2D eigenvalue weighted by Crippen LogP contribution is 2.23. The van der Waals surface area contributed by atoms with Gasteiger partial charge in [0, 0.05) is 31.9 Å². The van der Waals surface area contributed by atoms with E-state index in [1.54, 1.807) is 22.9 Å². The van der Waals surface area contributed by atoms with Crippen LogP contribution >= 0.6 is 0 Å². The van der Waals surface area contributed by atoms with Gasteiger partial charge in [-0.05, 0) is 6.07 Å². The molecule has 2 N–H and O–H groups in total. The topological polar surface area (TPSA) is 143 Å². The number of imidazole rings is 1. The van der Waals surface area contributed by atoms with Gasteiger partial charge in [0.15, 0.2) is 17.3 Å². The van der Waals surface area contributed by atoms with Gasteiger partial charge in [-0.3, -0.25) is 14.0 Å². The number of Topliss-reactive ketones (excluding diaryl/α,β-unsaturated/α-hetero) is 1. The number of hydrogen-bond acceptors (Lipinski definition) is 8. The lowest BCUT2D eigenvalue weighted by Crippen LogP contribution is -2.40. The largest absolute Gasteiger partial charge is 0.364 e. The van der Waals surface area contributed by atoms with Crippen molar-refractivity contribution in [3.05, 3.63) is 36.5 Å². The van der Waals surface area contributed by atoms with Crippen molar-refractivity contribution in [1.29, 1.82) is 5.26 Å². The van der Waals surface area contributed by atoms with E-state index in [1.807, 2.05) is 11.0 Å². The van der Waals surface area contributed by atoms with E-state index in [-0.39, 0.29) is 11.5 Å². The van der Waals surface area contributed by atoms with Crippen LogP contribution in [0.15, 0.2) is 30.9 Å². The second kappa shape index (κ2) is 6.45. The average Bonchev–Trinajstić information content (AvgIpc) is 3.11. The maximum atomic E-state index is 11.8. The SMILES string of the molecule is N#CC1CN(c2ccnc(-c3cnc4cnc(C(N)=O)cn34)n2)CCC1=O. The normalized spacial score (nSPS) is 17.1. The molecule has 0 radical (unpaired) electrons. The number of amides is 1. The Bertz CT molecular complexity index is 1100. The van der Waals surface area contributed by atoms with Gasteiger partial charge in [0.25, 0.3) is 5.91 Å². The molecule has 1 atom stereocenters. The predicted molar refractivity (Wildman–Crippen MR) is 93.5 cm³/mol. The molecule has 3 aromatic rings. The molecule has 1 fully saturated rings. The summed E-state index contributed by atoms with van der Waals surface area (Å²) in [5.74, 6) is -0.334. The van der Waals surface area contributed by atoms with Gasteiger partial charge in [-0.25, -0.2) is 19.9 Å². The number of piperidine rings is 1. The molecule has 0 aliphatic carbocycles. The molecule has 10 heteroatoms. The average molecular weight is 362 g/mol. The Hall–Kier alpha value is -3.87. The van der Waals surface area contributed by atoms with Gasteiger partial charge in [-0.2, -0.15) is 5.26 Å². The lowest BCUT2D eigenvalue weighted by molar-refractivity contribution is -0.121. The fourth-order valence-electron chi connectivity index (χ4n) is 2.98. The van der Waals surface area contributed by atoms with E-state index in [0.29, 0.717) is 42.5 Å². The van der Waals surface area contributed by atoms with Crippen molar-refractivity contribution in [3.8, 4) is 17.6 Å². The summed E-state index contributed by atoms with van der Waals surface area (Å²) in [7, 11) is 0. The number of aromatic nitrogens is 5. The zero-order valence-electron chi connectivity index (χ0n) is 14.1. The van der Waals surface area contributed by atoms with Crippen molar-refractivity contribution >= 4 is 23.2 Å². The molecule has 0 aromatic carbocycles. The second-order valence-corrected chi connectivity index (χ2v) is 6.09. The Morgan fingerprint density at radius 3 is 2.93 bits per heavy atom. The number of primary amides is 1. The van der Waals surface area contributed by atoms with Gasteiger partial charge in [-0.15, -0.1) is 0 Å². The number of nitrogens with zero attached hydrogens (tertiary/aromatic N) is 7. The molecule has 0 saturated carbocycles. The van der Waals surface area contributed by atoms with E-state index >= 15 is 0 Å². The number of nitrogens with two attached hydrogens (primary N) is 1. The summed E-state index contributed by atoms with van der Waals surface area (Å²) < 4.78 is 1.64. The van der Waals surface area contributed by atoms with E-state index in [4.69, 9.17) is 11.0 Å². The van der Waals surface area contributed by atoms with Crippen LogP contribution in [-0.4, -0.2) is 49.1 Å². The van der Waals surface area contributed by atoms with Gasteiger partial charge in [0.05, 0.1) is 18.5 Å². The molecule has 1 amide bonds. The van der Waals surface area contributed by atoms with Gasteiger partial charge in [0.2, 0.25) is 0 Å². The number of rotatable bonds is 3. The number of carbonyl (C=O) groups is 2. The van der Waals surface area contributed by atoms with Gasteiger partial charge < -0.3 is 10.6 Å². The van der Waals surface area contributed by atoms with Crippen molar-refractivity contribution in [1.82, 2.24) is 24.3 Å². The first-order valence-corrected chi connectivity index (χ1v) is 8.20. The molecule has 1 saturated heterocycles. The standard InChI is InChI=1S/C17H14N8O2/c18-5-10-8-24(4-2-13(10)26)14-1-3-20-17(23-14)12-6-22-15-7-21-11(16(19)27)9-25(12)15/h1,3,6-7,9-10H,2,4,8H2,(H2,19,27). The van der Waals surface area contributed by atoms with Crippen molar-refractivity contribution in [2.24, 2.45) is 11.7 Å². The molecular weight excluding hydrogens is 348 g/mol. The monoisotopic (exact) mass is 362 g/mol. The third kappa shape index (κ3) is 2.95. The number of ketones is 1. The van der Waals surface area contributed by atoms with Crippen LogP contribution in [0, 0.1) is 17.2 Å². The van der Waals surface area contributed by atoms with Gasteiger partial charge in [0.1, 0.15) is 23.1 Å². The van der Waals surface area contributed by atoms with Crippen LogP contribution in [0.2, 0.25) is 0 Å². The molecular formula is C17H14N8O2. The predicted octanol–water partition coefficient (Wildman–Crippen LogP) is 0.204. The molecule has 1 aliphatic heterocycles. The molecule has 0 spiro atoms. The molecule has 4 rings (SSSR count). The maximum Gasteiger partial charge on any atom is 0.268 e. The lowest BCUT2D eigenvalue weighted by Gasteiger charge is -2.29. The van der Waals surface area contributed by atoms with Crippen LogP contribution in [0.3, 0.4) is 0 Å².